The minimum Gasteiger partial charge on any atom is -0.379 e. The number of rotatable bonds is 7. The highest BCUT2D eigenvalue weighted by Gasteiger charge is 2.12. The number of ether oxygens (including phenoxy) is 1. The summed E-state index contributed by atoms with van der Waals surface area (Å²) in [6.07, 6.45) is 0.805. The van der Waals surface area contributed by atoms with Gasteiger partial charge in [-0.05, 0) is 30.7 Å². The smallest absolute Gasteiger partial charge is 0.215 e. The molecule has 5 nitrogen and oxygen atoms in total. The van der Waals surface area contributed by atoms with Gasteiger partial charge in [0.1, 0.15) is 0 Å². The van der Waals surface area contributed by atoms with Crippen LogP contribution in [0.5, 0.6) is 0 Å². The zero-order valence-electron chi connectivity index (χ0n) is 11.9. The maximum atomic E-state index is 12.0. The highest BCUT2D eigenvalue weighted by molar-refractivity contribution is 7.88. The van der Waals surface area contributed by atoms with Crippen molar-refractivity contribution in [2.75, 3.05) is 39.4 Å². The average molecular weight is 333 g/mol. The Labute approximate surface area is 131 Å². The molecule has 0 aliphatic carbocycles. The molecule has 0 radical (unpaired) electrons. The molecule has 1 fully saturated rings. The summed E-state index contributed by atoms with van der Waals surface area (Å²) in [6, 6.07) is 6.86. The van der Waals surface area contributed by atoms with Crippen LogP contribution in [0, 0.1) is 0 Å². The van der Waals surface area contributed by atoms with E-state index in [0.717, 1.165) is 44.8 Å². The van der Waals surface area contributed by atoms with Gasteiger partial charge in [-0.15, -0.1) is 0 Å². The lowest BCUT2D eigenvalue weighted by Gasteiger charge is -2.26. The summed E-state index contributed by atoms with van der Waals surface area (Å²) in [5.74, 6) is -0.0122. The molecule has 0 saturated carbocycles. The zero-order valence-corrected chi connectivity index (χ0v) is 13.5. The summed E-state index contributed by atoms with van der Waals surface area (Å²) in [4.78, 5) is 2.29. The molecule has 1 heterocycles. The van der Waals surface area contributed by atoms with Crippen LogP contribution >= 0.6 is 11.6 Å². The molecule has 2 rings (SSSR count). The molecule has 0 bridgehead atoms. The molecule has 118 valence electrons. The molecule has 0 aromatic heterocycles. The van der Waals surface area contributed by atoms with Crippen LogP contribution in [-0.2, 0) is 20.5 Å². The van der Waals surface area contributed by atoms with Gasteiger partial charge in [-0.3, -0.25) is 4.90 Å². The van der Waals surface area contributed by atoms with Gasteiger partial charge in [0.25, 0.3) is 0 Å². The Morgan fingerprint density at radius 2 is 1.86 bits per heavy atom. The van der Waals surface area contributed by atoms with Gasteiger partial charge in [-0.1, -0.05) is 23.7 Å². The van der Waals surface area contributed by atoms with E-state index in [-0.39, 0.29) is 5.75 Å². The predicted octanol–water partition coefficient (Wildman–Crippen LogP) is 1.48. The summed E-state index contributed by atoms with van der Waals surface area (Å²) >= 11 is 5.78. The van der Waals surface area contributed by atoms with Crippen LogP contribution in [0.4, 0.5) is 0 Å². The lowest BCUT2D eigenvalue weighted by Crippen LogP contribution is -2.38. The van der Waals surface area contributed by atoms with E-state index in [1.807, 2.05) is 0 Å². The molecule has 1 aromatic carbocycles. The second-order valence-electron chi connectivity index (χ2n) is 5.09. The Morgan fingerprint density at radius 1 is 1.19 bits per heavy atom. The largest absolute Gasteiger partial charge is 0.379 e. The van der Waals surface area contributed by atoms with E-state index in [9.17, 15) is 8.42 Å². The third-order valence-corrected chi connectivity index (χ3v) is 4.96. The lowest BCUT2D eigenvalue weighted by molar-refractivity contribution is 0.0376. The molecule has 0 spiro atoms. The minimum atomic E-state index is -3.29. The van der Waals surface area contributed by atoms with Crippen LogP contribution in [0.3, 0.4) is 0 Å². The van der Waals surface area contributed by atoms with Gasteiger partial charge in [-0.2, -0.15) is 0 Å². The van der Waals surface area contributed by atoms with E-state index in [0.29, 0.717) is 11.6 Å². The minimum absolute atomic E-state index is 0.0122. The molecule has 0 unspecified atom stereocenters. The molecule has 0 amide bonds. The first kappa shape index (κ1) is 16.7. The Hall–Kier alpha value is -0.660. The second-order valence-corrected chi connectivity index (χ2v) is 7.33. The molecule has 1 saturated heterocycles. The molecule has 7 heteroatoms. The van der Waals surface area contributed by atoms with Crippen molar-refractivity contribution in [3.63, 3.8) is 0 Å². The van der Waals surface area contributed by atoms with Crippen LogP contribution in [0.1, 0.15) is 12.0 Å². The molecule has 1 aliphatic rings. The molecule has 21 heavy (non-hydrogen) atoms. The molecule has 1 aromatic rings. The normalized spacial score (nSPS) is 17.0. The second kappa shape index (κ2) is 8.10. The number of nitrogens with one attached hydrogen (secondary N) is 1. The summed E-state index contributed by atoms with van der Waals surface area (Å²) in [5, 5.41) is 0.606. The summed E-state index contributed by atoms with van der Waals surface area (Å²) in [5.41, 5.74) is 0.736. The molecular formula is C14H21ClN2O3S. The fraction of sp³-hybridized carbons (Fsp3) is 0.571. The maximum absolute atomic E-state index is 12.0. The van der Waals surface area contributed by atoms with Gasteiger partial charge in [0.05, 0.1) is 19.0 Å². The number of morpholine rings is 1. The first-order chi connectivity index (χ1) is 10.1. The van der Waals surface area contributed by atoms with Gasteiger partial charge in [0.15, 0.2) is 0 Å². The fourth-order valence-electron chi connectivity index (χ4n) is 2.21. The van der Waals surface area contributed by atoms with Crippen molar-refractivity contribution in [2.45, 2.75) is 12.2 Å². The van der Waals surface area contributed by atoms with Crippen molar-refractivity contribution in [2.24, 2.45) is 0 Å². The van der Waals surface area contributed by atoms with Crippen molar-refractivity contribution in [3.8, 4) is 0 Å². The van der Waals surface area contributed by atoms with Crippen molar-refractivity contribution >= 4 is 21.6 Å². The molecule has 1 aliphatic heterocycles. The number of hydrogen-bond acceptors (Lipinski definition) is 4. The number of hydrogen-bond donors (Lipinski definition) is 1. The first-order valence-electron chi connectivity index (χ1n) is 7.07. The van der Waals surface area contributed by atoms with Gasteiger partial charge < -0.3 is 4.74 Å². The summed E-state index contributed by atoms with van der Waals surface area (Å²) in [7, 11) is -3.29. The number of halogens is 1. The molecule has 1 N–H and O–H groups in total. The Kier molecular flexibility index (Phi) is 6.44. The number of benzene rings is 1. The van der Waals surface area contributed by atoms with E-state index >= 15 is 0 Å². The van der Waals surface area contributed by atoms with E-state index in [4.69, 9.17) is 16.3 Å². The number of sulfonamides is 1. The highest BCUT2D eigenvalue weighted by Crippen LogP contribution is 2.11. The van der Waals surface area contributed by atoms with Gasteiger partial charge in [0.2, 0.25) is 10.0 Å². The summed E-state index contributed by atoms with van der Waals surface area (Å²) in [6.45, 7) is 4.75. The van der Waals surface area contributed by atoms with Crippen LogP contribution in [0.2, 0.25) is 5.02 Å². The fourth-order valence-corrected chi connectivity index (χ4v) is 3.52. The Bertz CT molecular complexity index is 528. The molecule has 0 atom stereocenters. The highest BCUT2D eigenvalue weighted by atomic mass is 35.5. The average Bonchev–Trinajstić information content (AvgIpc) is 2.47. The van der Waals surface area contributed by atoms with E-state index in [1.165, 1.54) is 0 Å². The third-order valence-electron chi connectivity index (χ3n) is 3.35. The van der Waals surface area contributed by atoms with Gasteiger partial charge in [-0.25, -0.2) is 13.1 Å². The molecular weight excluding hydrogens is 312 g/mol. The zero-order chi connectivity index (χ0) is 15.1. The van der Waals surface area contributed by atoms with Crippen LogP contribution in [0.15, 0.2) is 24.3 Å². The standard InChI is InChI=1S/C14H21ClN2O3S/c15-14-4-2-13(3-5-14)12-21(18,19)16-6-1-7-17-8-10-20-11-9-17/h2-5,16H,1,6-12H2. The maximum Gasteiger partial charge on any atom is 0.215 e. The number of nitrogens with zero attached hydrogens (tertiary/aromatic N) is 1. The van der Waals surface area contributed by atoms with Crippen molar-refractivity contribution in [1.29, 1.82) is 0 Å². The Morgan fingerprint density at radius 3 is 2.52 bits per heavy atom. The van der Waals surface area contributed by atoms with Gasteiger partial charge in [0, 0.05) is 24.7 Å². The first-order valence-corrected chi connectivity index (χ1v) is 9.10. The van der Waals surface area contributed by atoms with Crippen molar-refractivity contribution in [1.82, 2.24) is 9.62 Å². The van der Waals surface area contributed by atoms with Gasteiger partial charge >= 0.3 is 0 Å². The van der Waals surface area contributed by atoms with Crippen LogP contribution < -0.4 is 4.72 Å². The van der Waals surface area contributed by atoms with E-state index in [1.54, 1.807) is 24.3 Å². The van der Waals surface area contributed by atoms with Crippen LogP contribution in [-0.4, -0.2) is 52.7 Å². The Balaban J connectivity index is 1.69. The monoisotopic (exact) mass is 332 g/mol. The van der Waals surface area contributed by atoms with Crippen molar-refractivity contribution in [3.05, 3.63) is 34.9 Å². The lowest BCUT2D eigenvalue weighted by atomic mass is 10.2. The van der Waals surface area contributed by atoms with Crippen molar-refractivity contribution < 1.29 is 13.2 Å². The topological polar surface area (TPSA) is 58.6 Å². The summed E-state index contributed by atoms with van der Waals surface area (Å²) < 4.78 is 31.8. The quantitative estimate of drug-likeness (QED) is 0.768. The SMILES string of the molecule is O=S(=O)(Cc1ccc(Cl)cc1)NCCCN1CCOCC1. The van der Waals surface area contributed by atoms with E-state index in [2.05, 4.69) is 9.62 Å². The third kappa shape index (κ3) is 6.32. The predicted molar refractivity (Wildman–Crippen MR) is 84.0 cm³/mol. The van der Waals surface area contributed by atoms with E-state index < -0.39 is 10.0 Å². The van der Waals surface area contributed by atoms with Crippen LogP contribution in [0.25, 0.3) is 0 Å².